The Hall–Kier alpha value is -2.82. The van der Waals surface area contributed by atoms with Gasteiger partial charge in [-0.25, -0.2) is 4.39 Å². The molecule has 4 rings (SSSR count). The van der Waals surface area contributed by atoms with E-state index in [9.17, 15) is 4.39 Å². The third-order valence-electron chi connectivity index (χ3n) is 4.49. The van der Waals surface area contributed by atoms with E-state index in [0.717, 1.165) is 46.1 Å². The fourth-order valence-electron chi connectivity index (χ4n) is 3.20. The van der Waals surface area contributed by atoms with Gasteiger partial charge in [-0.1, -0.05) is 13.0 Å². The highest BCUT2D eigenvalue weighted by Crippen LogP contribution is 2.40. The van der Waals surface area contributed by atoms with Crippen LogP contribution in [0.3, 0.4) is 0 Å². The third-order valence-corrected chi connectivity index (χ3v) is 4.49. The lowest BCUT2D eigenvalue weighted by Crippen LogP contribution is -1.98. The molecule has 0 saturated carbocycles. The maximum Gasteiger partial charge on any atom is 0.142 e. The van der Waals surface area contributed by atoms with Gasteiger partial charge in [0.05, 0.1) is 18.5 Å². The lowest BCUT2D eigenvalue weighted by Gasteiger charge is -2.12. The minimum absolute atomic E-state index is 0.213. The van der Waals surface area contributed by atoms with Crippen molar-refractivity contribution in [2.24, 2.45) is 0 Å². The summed E-state index contributed by atoms with van der Waals surface area (Å²) in [6.45, 7) is 2.12. The summed E-state index contributed by atoms with van der Waals surface area (Å²) in [5, 5.41) is 10.9. The lowest BCUT2D eigenvalue weighted by atomic mass is 10.1. The molecule has 0 radical (unpaired) electrons. The van der Waals surface area contributed by atoms with Gasteiger partial charge >= 0.3 is 0 Å². The summed E-state index contributed by atoms with van der Waals surface area (Å²) in [5.41, 5.74) is 6.02. The zero-order chi connectivity index (χ0) is 16.7. The number of hydrogen-bond donors (Lipinski definition) is 2. The van der Waals surface area contributed by atoms with Gasteiger partial charge in [-0.3, -0.25) is 5.10 Å². The Morgan fingerprint density at radius 1 is 1.25 bits per heavy atom. The first-order valence-corrected chi connectivity index (χ1v) is 7.99. The van der Waals surface area contributed by atoms with Gasteiger partial charge in [-0.2, -0.15) is 5.10 Å². The Balaban J connectivity index is 1.71. The van der Waals surface area contributed by atoms with Crippen molar-refractivity contribution in [2.75, 3.05) is 12.4 Å². The quantitative estimate of drug-likeness (QED) is 0.584. The molecule has 0 amide bonds. The van der Waals surface area contributed by atoms with E-state index in [4.69, 9.17) is 4.74 Å². The molecule has 1 aliphatic rings. The van der Waals surface area contributed by atoms with Crippen LogP contribution in [0.2, 0.25) is 0 Å². The predicted octanol–water partition coefficient (Wildman–Crippen LogP) is 4.43. The minimum atomic E-state index is -0.213. The van der Waals surface area contributed by atoms with Crippen LogP contribution >= 0.6 is 0 Å². The second-order valence-corrected chi connectivity index (χ2v) is 5.92. The maximum absolute atomic E-state index is 13.5. The summed E-state index contributed by atoms with van der Waals surface area (Å²) in [4.78, 5) is 0. The van der Waals surface area contributed by atoms with E-state index < -0.39 is 0 Å². The van der Waals surface area contributed by atoms with Crippen LogP contribution in [0, 0.1) is 5.82 Å². The number of nitrogens with one attached hydrogen (secondary N) is 2. The first-order valence-electron chi connectivity index (χ1n) is 7.99. The van der Waals surface area contributed by atoms with Crippen LogP contribution in [0.1, 0.15) is 23.6 Å². The number of rotatable bonds is 4. The zero-order valence-electron chi connectivity index (χ0n) is 13.6. The molecule has 0 saturated heterocycles. The van der Waals surface area contributed by atoms with Gasteiger partial charge < -0.3 is 10.1 Å². The van der Waals surface area contributed by atoms with Crippen molar-refractivity contribution in [3.05, 3.63) is 58.9 Å². The van der Waals surface area contributed by atoms with Gasteiger partial charge in [0.2, 0.25) is 0 Å². The standard InChI is InChI=1S/C19H18FN3O/c1-3-11-4-7-17(24-2)16(8-11)21-19-15-10-12-9-13(20)5-6-14(12)18(15)22-23-19/h4-9H,3,10H2,1-2H3,(H2,21,22,23). The molecule has 1 heterocycles. The number of methoxy groups -OCH3 is 1. The number of H-pyrrole nitrogens is 1. The van der Waals surface area contributed by atoms with Crippen molar-refractivity contribution in [3.8, 4) is 17.0 Å². The van der Waals surface area contributed by atoms with E-state index in [1.54, 1.807) is 19.2 Å². The molecule has 3 aromatic rings. The number of aryl methyl sites for hydroxylation is 1. The molecule has 5 heteroatoms. The number of nitrogens with zero attached hydrogens (tertiary/aromatic N) is 1. The number of ether oxygens (including phenoxy) is 1. The number of aromatic nitrogens is 2. The third kappa shape index (κ3) is 2.33. The second-order valence-electron chi connectivity index (χ2n) is 5.92. The number of aromatic amines is 1. The van der Waals surface area contributed by atoms with Crippen LogP contribution in [0.4, 0.5) is 15.9 Å². The summed E-state index contributed by atoms with van der Waals surface area (Å²) < 4.78 is 18.9. The summed E-state index contributed by atoms with van der Waals surface area (Å²) in [6.07, 6.45) is 1.61. The molecule has 0 unspecified atom stereocenters. The minimum Gasteiger partial charge on any atom is -0.495 e. The Labute approximate surface area is 139 Å². The molecular formula is C19H18FN3O. The number of anilines is 2. The Morgan fingerprint density at radius 3 is 2.92 bits per heavy atom. The van der Waals surface area contributed by atoms with Crippen LogP contribution in [-0.4, -0.2) is 17.3 Å². The van der Waals surface area contributed by atoms with Gasteiger partial charge in [0, 0.05) is 17.5 Å². The number of hydrogen-bond acceptors (Lipinski definition) is 3. The first kappa shape index (κ1) is 14.8. The zero-order valence-corrected chi connectivity index (χ0v) is 13.6. The Kier molecular flexibility index (Phi) is 3.49. The van der Waals surface area contributed by atoms with Gasteiger partial charge in [-0.15, -0.1) is 0 Å². The number of halogens is 1. The highest BCUT2D eigenvalue weighted by atomic mass is 19.1. The SMILES string of the molecule is CCc1ccc(OC)c(Nc2[nH]nc3c2Cc2cc(F)ccc2-3)c1. The van der Waals surface area contributed by atoms with E-state index in [2.05, 4.69) is 34.6 Å². The van der Waals surface area contributed by atoms with E-state index >= 15 is 0 Å². The summed E-state index contributed by atoms with van der Waals surface area (Å²) in [5.74, 6) is 1.39. The van der Waals surface area contributed by atoms with Crippen LogP contribution in [0.5, 0.6) is 5.75 Å². The average molecular weight is 323 g/mol. The Morgan fingerprint density at radius 2 is 2.12 bits per heavy atom. The van der Waals surface area contributed by atoms with Crippen molar-refractivity contribution in [1.29, 1.82) is 0 Å². The molecule has 2 aromatic carbocycles. The molecule has 0 spiro atoms. The molecular weight excluding hydrogens is 305 g/mol. The highest BCUT2D eigenvalue weighted by Gasteiger charge is 2.25. The molecule has 1 aliphatic carbocycles. The Bertz CT molecular complexity index is 917. The van der Waals surface area contributed by atoms with Gasteiger partial charge in [-0.05, 0) is 47.9 Å². The van der Waals surface area contributed by atoms with Crippen LogP contribution in [0.25, 0.3) is 11.3 Å². The highest BCUT2D eigenvalue weighted by molar-refractivity contribution is 5.80. The van der Waals surface area contributed by atoms with Crippen LogP contribution < -0.4 is 10.1 Å². The van der Waals surface area contributed by atoms with Gasteiger partial charge in [0.1, 0.15) is 17.4 Å². The van der Waals surface area contributed by atoms with Crippen LogP contribution in [0.15, 0.2) is 36.4 Å². The molecule has 0 fully saturated rings. The van der Waals surface area contributed by atoms with Crippen molar-refractivity contribution in [3.63, 3.8) is 0 Å². The fourth-order valence-corrected chi connectivity index (χ4v) is 3.20. The average Bonchev–Trinajstić information content (AvgIpc) is 3.14. The first-order chi connectivity index (χ1) is 11.7. The van der Waals surface area contributed by atoms with Gasteiger partial charge in [0.15, 0.2) is 0 Å². The normalized spacial score (nSPS) is 12.0. The van der Waals surface area contributed by atoms with Crippen molar-refractivity contribution in [1.82, 2.24) is 10.2 Å². The molecule has 4 nitrogen and oxygen atoms in total. The van der Waals surface area contributed by atoms with E-state index in [1.807, 2.05) is 6.07 Å². The molecule has 2 N–H and O–H groups in total. The van der Waals surface area contributed by atoms with E-state index in [0.29, 0.717) is 6.42 Å². The van der Waals surface area contributed by atoms with Crippen molar-refractivity contribution >= 4 is 11.5 Å². The van der Waals surface area contributed by atoms with E-state index in [-0.39, 0.29) is 5.82 Å². The molecule has 122 valence electrons. The fraction of sp³-hybridized carbons (Fsp3) is 0.211. The van der Waals surface area contributed by atoms with E-state index in [1.165, 1.54) is 11.6 Å². The largest absolute Gasteiger partial charge is 0.495 e. The van der Waals surface area contributed by atoms with Crippen molar-refractivity contribution < 1.29 is 9.13 Å². The van der Waals surface area contributed by atoms with Crippen molar-refractivity contribution in [2.45, 2.75) is 19.8 Å². The maximum atomic E-state index is 13.5. The lowest BCUT2D eigenvalue weighted by molar-refractivity contribution is 0.416. The molecule has 1 aromatic heterocycles. The summed E-state index contributed by atoms with van der Waals surface area (Å²) in [6, 6.07) is 10.9. The summed E-state index contributed by atoms with van der Waals surface area (Å²) in [7, 11) is 1.65. The van der Waals surface area contributed by atoms with Gasteiger partial charge in [0.25, 0.3) is 0 Å². The number of fused-ring (bicyclic) bond motifs is 3. The van der Waals surface area contributed by atoms with Crippen LogP contribution in [-0.2, 0) is 12.8 Å². The smallest absolute Gasteiger partial charge is 0.142 e. The molecule has 0 aliphatic heterocycles. The molecule has 0 atom stereocenters. The second kappa shape index (κ2) is 5.67. The molecule has 24 heavy (non-hydrogen) atoms. The topological polar surface area (TPSA) is 49.9 Å². The summed E-state index contributed by atoms with van der Waals surface area (Å²) >= 11 is 0. The molecule has 0 bridgehead atoms. The monoisotopic (exact) mass is 323 g/mol. The number of benzene rings is 2. The predicted molar refractivity (Wildman–Crippen MR) is 92.4 cm³/mol.